The van der Waals surface area contributed by atoms with Crippen LogP contribution in [-0.2, 0) is 0 Å². The van der Waals surface area contributed by atoms with E-state index in [1.165, 1.54) is 0 Å². The molecule has 0 aromatic heterocycles. The number of aliphatic hydroxyl groups excluding tert-OH is 5. The summed E-state index contributed by atoms with van der Waals surface area (Å²) >= 11 is 0. The second-order valence-corrected chi connectivity index (χ2v) is 4.59. The van der Waals surface area contributed by atoms with Gasteiger partial charge in [-0.05, 0) is 6.42 Å². The fourth-order valence-electron chi connectivity index (χ4n) is 2.76. The number of rotatable bonds is 0. The van der Waals surface area contributed by atoms with Gasteiger partial charge < -0.3 is 25.5 Å². The van der Waals surface area contributed by atoms with E-state index < -0.39 is 48.3 Å². The van der Waals surface area contributed by atoms with Crippen molar-refractivity contribution in [3.05, 3.63) is 0 Å². The zero-order chi connectivity index (χ0) is 12.2. The van der Waals surface area contributed by atoms with E-state index >= 15 is 0 Å². The summed E-state index contributed by atoms with van der Waals surface area (Å²) in [5.74, 6) is -6.15. The zero-order valence-electron chi connectivity index (χ0n) is 8.24. The predicted molar refractivity (Wildman–Crippen MR) is 46.6 cm³/mol. The number of aliphatic hydroxyl groups is 5. The monoisotopic (exact) mass is 240 g/mol. The largest absolute Gasteiger partial charge is 0.390 e. The average molecular weight is 240 g/mol. The second kappa shape index (κ2) is 3.58. The van der Waals surface area contributed by atoms with Crippen LogP contribution in [-0.4, -0.2) is 62.0 Å². The molecule has 2 fully saturated rings. The summed E-state index contributed by atoms with van der Waals surface area (Å²) in [6, 6.07) is 0. The van der Waals surface area contributed by atoms with E-state index in [2.05, 4.69) is 0 Å². The Labute approximate surface area is 89.9 Å². The van der Waals surface area contributed by atoms with Crippen LogP contribution in [0.1, 0.15) is 6.42 Å². The first-order valence-electron chi connectivity index (χ1n) is 5.06. The van der Waals surface area contributed by atoms with Crippen LogP contribution in [0.4, 0.5) is 8.78 Å². The van der Waals surface area contributed by atoms with Crippen molar-refractivity contribution in [3.8, 4) is 0 Å². The van der Waals surface area contributed by atoms with Crippen molar-refractivity contribution in [1.29, 1.82) is 0 Å². The van der Waals surface area contributed by atoms with E-state index in [1.807, 2.05) is 0 Å². The topological polar surface area (TPSA) is 101 Å². The molecule has 2 aliphatic carbocycles. The lowest BCUT2D eigenvalue weighted by atomic mass is 9.75. The lowest BCUT2D eigenvalue weighted by Crippen LogP contribution is -2.52. The highest BCUT2D eigenvalue weighted by atomic mass is 19.3. The third-order valence-electron chi connectivity index (χ3n) is 3.71. The molecule has 1 unspecified atom stereocenters. The summed E-state index contributed by atoms with van der Waals surface area (Å²) in [5.41, 5.74) is 0. The van der Waals surface area contributed by atoms with Crippen LogP contribution in [0.3, 0.4) is 0 Å². The van der Waals surface area contributed by atoms with Gasteiger partial charge in [-0.15, -0.1) is 0 Å². The Hall–Kier alpha value is -0.340. The van der Waals surface area contributed by atoms with E-state index in [4.69, 9.17) is 0 Å². The van der Waals surface area contributed by atoms with Gasteiger partial charge in [0, 0.05) is 11.8 Å². The molecule has 0 saturated heterocycles. The molecule has 0 aromatic carbocycles. The van der Waals surface area contributed by atoms with Crippen molar-refractivity contribution in [3.63, 3.8) is 0 Å². The molecule has 5 N–H and O–H groups in total. The fourth-order valence-corrected chi connectivity index (χ4v) is 2.76. The number of hydrogen-bond acceptors (Lipinski definition) is 5. The fraction of sp³-hybridized carbons (Fsp3) is 1.00. The number of halogens is 2. The van der Waals surface area contributed by atoms with Crippen LogP contribution in [0.5, 0.6) is 0 Å². The number of fused-ring (bicyclic) bond motifs is 1. The summed E-state index contributed by atoms with van der Waals surface area (Å²) in [6.45, 7) is 0. The first-order chi connectivity index (χ1) is 7.28. The van der Waals surface area contributed by atoms with Gasteiger partial charge in [0.2, 0.25) is 0 Å². The summed E-state index contributed by atoms with van der Waals surface area (Å²) in [5, 5.41) is 46.8. The van der Waals surface area contributed by atoms with Gasteiger partial charge >= 0.3 is 0 Å². The summed E-state index contributed by atoms with van der Waals surface area (Å²) in [6.07, 6.45) is -9.18. The first kappa shape index (κ1) is 12.1. The number of hydrogen-bond donors (Lipinski definition) is 5. The SMILES string of the molecule is OC1C[C@H]2[C@H]([C@@H](O)[C@@H]1O)[C@H](O)C(F)(F)[C@@H]2O. The Morgan fingerprint density at radius 3 is 2.00 bits per heavy atom. The maximum absolute atomic E-state index is 13.3. The van der Waals surface area contributed by atoms with E-state index in [0.717, 1.165) is 0 Å². The summed E-state index contributed by atoms with van der Waals surface area (Å²) < 4.78 is 26.6. The Morgan fingerprint density at radius 2 is 1.44 bits per heavy atom. The van der Waals surface area contributed by atoms with Gasteiger partial charge in [-0.2, -0.15) is 0 Å². The van der Waals surface area contributed by atoms with Crippen LogP contribution in [0, 0.1) is 11.8 Å². The van der Waals surface area contributed by atoms with Crippen molar-refractivity contribution in [2.24, 2.45) is 11.8 Å². The maximum atomic E-state index is 13.3. The van der Waals surface area contributed by atoms with Crippen molar-refractivity contribution < 1.29 is 34.3 Å². The van der Waals surface area contributed by atoms with Crippen LogP contribution in [0.2, 0.25) is 0 Å². The van der Waals surface area contributed by atoms with Gasteiger partial charge in [-0.3, -0.25) is 0 Å². The zero-order valence-corrected chi connectivity index (χ0v) is 8.24. The summed E-state index contributed by atoms with van der Waals surface area (Å²) in [7, 11) is 0. The average Bonchev–Trinajstić information content (AvgIpc) is 2.38. The van der Waals surface area contributed by atoms with E-state index in [9.17, 15) is 34.3 Å². The van der Waals surface area contributed by atoms with E-state index in [1.54, 1.807) is 0 Å². The Balaban J connectivity index is 2.31. The molecule has 0 heterocycles. The third kappa shape index (κ3) is 1.39. The van der Waals surface area contributed by atoms with Gasteiger partial charge in [0.25, 0.3) is 5.92 Å². The van der Waals surface area contributed by atoms with Crippen molar-refractivity contribution >= 4 is 0 Å². The van der Waals surface area contributed by atoms with E-state index in [-0.39, 0.29) is 6.42 Å². The Kier molecular flexibility index (Phi) is 2.71. The maximum Gasteiger partial charge on any atom is 0.299 e. The van der Waals surface area contributed by atoms with Gasteiger partial charge in [-0.25, -0.2) is 8.78 Å². The second-order valence-electron chi connectivity index (χ2n) is 4.59. The molecular weight excluding hydrogens is 226 g/mol. The van der Waals surface area contributed by atoms with Gasteiger partial charge in [0.15, 0.2) is 0 Å². The highest BCUT2D eigenvalue weighted by Gasteiger charge is 2.66. The molecule has 0 aliphatic heterocycles. The lowest BCUT2D eigenvalue weighted by Gasteiger charge is -2.38. The molecule has 2 saturated carbocycles. The smallest absolute Gasteiger partial charge is 0.299 e. The molecule has 0 bridgehead atoms. The predicted octanol–water partition coefficient (Wildman–Crippen LogP) is -1.92. The van der Waals surface area contributed by atoms with Crippen molar-refractivity contribution in [2.75, 3.05) is 0 Å². The molecule has 5 nitrogen and oxygen atoms in total. The third-order valence-corrected chi connectivity index (χ3v) is 3.71. The molecule has 2 aliphatic rings. The summed E-state index contributed by atoms with van der Waals surface area (Å²) in [4.78, 5) is 0. The normalized spacial score (nSPS) is 56.1. The molecule has 2 rings (SSSR count). The van der Waals surface area contributed by atoms with Gasteiger partial charge in [0.05, 0.1) is 12.2 Å². The molecule has 7 atom stereocenters. The van der Waals surface area contributed by atoms with Crippen molar-refractivity contribution in [1.82, 2.24) is 0 Å². The standard InChI is InChI=1S/C9H14F2O5/c10-9(11)7(15)2-1-3(12)5(13)6(14)4(2)8(9)16/h2-8,12-16H,1H2/t2-,3?,4+,5+,6+,7+,8-/m0/s1. The quantitative estimate of drug-likeness (QED) is 0.340. The molecule has 0 aromatic rings. The van der Waals surface area contributed by atoms with Gasteiger partial charge in [-0.1, -0.05) is 0 Å². The Morgan fingerprint density at radius 1 is 0.875 bits per heavy atom. The minimum Gasteiger partial charge on any atom is -0.390 e. The number of alkyl halides is 2. The Bertz CT molecular complexity index is 287. The molecule has 0 amide bonds. The molecule has 16 heavy (non-hydrogen) atoms. The van der Waals surface area contributed by atoms with Crippen LogP contribution in [0.25, 0.3) is 0 Å². The molecular formula is C9H14F2O5. The van der Waals surface area contributed by atoms with E-state index in [0.29, 0.717) is 0 Å². The molecule has 0 radical (unpaired) electrons. The molecule has 94 valence electrons. The molecule has 0 spiro atoms. The highest BCUT2D eigenvalue weighted by Crippen LogP contribution is 2.50. The minimum atomic E-state index is -3.72. The lowest BCUT2D eigenvalue weighted by molar-refractivity contribution is -0.162. The first-order valence-corrected chi connectivity index (χ1v) is 5.06. The van der Waals surface area contributed by atoms with Crippen LogP contribution in [0.15, 0.2) is 0 Å². The van der Waals surface area contributed by atoms with Gasteiger partial charge in [0.1, 0.15) is 18.3 Å². The van der Waals surface area contributed by atoms with Crippen LogP contribution < -0.4 is 0 Å². The minimum absolute atomic E-state index is 0.267. The van der Waals surface area contributed by atoms with Crippen LogP contribution >= 0.6 is 0 Å². The molecule has 7 heteroatoms. The van der Waals surface area contributed by atoms with Crippen molar-refractivity contribution in [2.45, 2.75) is 42.9 Å². The highest BCUT2D eigenvalue weighted by molar-refractivity contribution is 5.10.